The summed E-state index contributed by atoms with van der Waals surface area (Å²) in [6.07, 6.45) is 3.17. The van der Waals surface area contributed by atoms with E-state index in [0.29, 0.717) is 18.7 Å². The van der Waals surface area contributed by atoms with E-state index in [0.717, 1.165) is 11.3 Å². The minimum absolute atomic E-state index is 0.0285. The van der Waals surface area contributed by atoms with E-state index in [2.05, 4.69) is 13.0 Å². The summed E-state index contributed by atoms with van der Waals surface area (Å²) in [5.74, 6) is -1.36. The molecule has 2 heterocycles. The van der Waals surface area contributed by atoms with Crippen molar-refractivity contribution in [3.63, 3.8) is 0 Å². The Bertz CT molecular complexity index is 1240. The third-order valence-electron chi connectivity index (χ3n) is 8.42. The lowest BCUT2D eigenvalue weighted by molar-refractivity contribution is -0.129. The Morgan fingerprint density at radius 3 is 2.11 bits per heavy atom. The van der Waals surface area contributed by atoms with E-state index >= 15 is 0 Å². The molecular formula is C29H28N2O4. The normalized spacial score (nSPS) is 32.5. The Kier molecular flexibility index (Phi) is 5.20. The van der Waals surface area contributed by atoms with Gasteiger partial charge in [-0.15, -0.1) is 0 Å². The molecular weight excluding hydrogens is 440 g/mol. The highest BCUT2D eigenvalue weighted by molar-refractivity contribution is 6.21. The second-order valence-electron chi connectivity index (χ2n) is 10.4. The van der Waals surface area contributed by atoms with E-state index in [1.54, 1.807) is 12.1 Å². The fourth-order valence-corrected chi connectivity index (χ4v) is 6.92. The molecule has 3 amide bonds. The third kappa shape index (κ3) is 3.46. The van der Waals surface area contributed by atoms with Gasteiger partial charge in [0.15, 0.2) is 0 Å². The van der Waals surface area contributed by atoms with E-state index in [1.165, 1.54) is 4.90 Å². The molecule has 2 aromatic rings. The number of ketones is 1. The molecule has 1 saturated carbocycles. The number of rotatable bonds is 3. The summed E-state index contributed by atoms with van der Waals surface area (Å²) in [6, 6.07) is 18.7. The molecule has 6 unspecified atom stereocenters. The second kappa shape index (κ2) is 8.29. The number of carbonyl (C=O) groups excluding carboxylic acids is 4. The lowest BCUT2D eigenvalue weighted by Gasteiger charge is -2.41. The summed E-state index contributed by atoms with van der Waals surface area (Å²) in [6.45, 7) is 2.60. The summed E-state index contributed by atoms with van der Waals surface area (Å²) in [7, 11) is 0. The number of benzene rings is 2. The Balaban J connectivity index is 1.25. The fourth-order valence-electron chi connectivity index (χ4n) is 6.92. The summed E-state index contributed by atoms with van der Waals surface area (Å²) in [4.78, 5) is 56.1. The number of hydrogen-bond donors (Lipinski definition) is 0. The van der Waals surface area contributed by atoms with Crippen LogP contribution in [0, 0.1) is 35.5 Å². The Hall–Kier alpha value is -3.54. The zero-order valence-corrected chi connectivity index (χ0v) is 19.7. The monoisotopic (exact) mass is 468 g/mol. The molecule has 0 bridgehead atoms. The van der Waals surface area contributed by atoms with Gasteiger partial charge in [0, 0.05) is 36.9 Å². The maximum atomic E-state index is 13.6. The Morgan fingerprint density at radius 1 is 0.771 bits per heavy atom. The van der Waals surface area contributed by atoms with Crippen molar-refractivity contribution < 1.29 is 19.2 Å². The largest absolute Gasteiger partial charge is 0.312 e. The molecule has 0 aromatic heterocycles. The van der Waals surface area contributed by atoms with E-state index in [1.807, 2.05) is 53.4 Å². The van der Waals surface area contributed by atoms with Crippen molar-refractivity contribution in [1.82, 2.24) is 0 Å². The van der Waals surface area contributed by atoms with Crippen molar-refractivity contribution >= 4 is 34.9 Å². The van der Waals surface area contributed by atoms with Crippen LogP contribution in [0.1, 0.15) is 26.2 Å². The number of Topliss-reactive ketones (excluding diaryl/α,β-unsaturated/α-hetero) is 1. The molecule has 35 heavy (non-hydrogen) atoms. The van der Waals surface area contributed by atoms with Gasteiger partial charge in [-0.25, -0.2) is 0 Å². The van der Waals surface area contributed by atoms with Crippen LogP contribution in [0.2, 0.25) is 0 Å². The van der Waals surface area contributed by atoms with Gasteiger partial charge >= 0.3 is 0 Å². The van der Waals surface area contributed by atoms with Crippen molar-refractivity contribution in [3.05, 3.63) is 72.3 Å². The van der Waals surface area contributed by atoms with Crippen molar-refractivity contribution in [1.29, 1.82) is 0 Å². The van der Waals surface area contributed by atoms with Gasteiger partial charge < -0.3 is 4.90 Å². The fraction of sp³-hybridized carbons (Fsp3) is 0.379. The SMILES string of the molecule is CC1C=C2CC(C3CC(=O)N(c4ccccc4)C3=O)CC(=O)C2C2CN(c3ccccc3)C(=O)C12. The van der Waals surface area contributed by atoms with Crippen LogP contribution in [0.15, 0.2) is 72.3 Å². The highest BCUT2D eigenvalue weighted by Crippen LogP contribution is 2.51. The first-order valence-corrected chi connectivity index (χ1v) is 12.5. The van der Waals surface area contributed by atoms with E-state index in [4.69, 9.17) is 0 Å². The average Bonchev–Trinajstić information content (AvgIpc) is 3.36. The van der Waals surface area contributed by atoms with Crippen LogP contribution >= 0.6 is 0 Å². The van der Waals surface area contributed by atoms with E-state index in [-0.39, 0.29) is 65.9 Å². The van der Waals surface area contributed by atoms with Gasteiger partial charge in [-0.1, -0.05) is 55.0 Å². The summed E-state index contributed by atoms with van der Waals surface area (Å²) < 4.78 is 0. The first-order valence-electron chi connectivity index (χ1n) is 12.5. The predicted octanol–water partition coefficient (Wildman–Crippen LogP) is 4.02. The number of para-hydroxylation sites is 2. The molecule has 4 aliphatic rings. The molecule has 0 radical (unpaired) electrons. The van der Waals surface area contributed by atoms with Crippen LogP contribution in [0.25, 0.3) is 0 Å². The van der Waals surface area contributed by atoms with Crippen molar-refractivity contribution in [2.45, 2.75) is 26.2 Å². The number of anilines is 2. The van der Waals surface area contributed by atoms with Crippen LogP contribution in [0.3, 0.4) is 0 Å². The van der Waals surface area contributed by atoms with Gasteiger partial charge in [0.25, 0.3) is 0 Å². The quantitative estimate of drug-likeness (QED) is 0.504. The van der Waals surface area contributed by atoms with Crippen LogP contribution < -0.4 is 9.80 Å². The number of imide groups is 1. The van der Waals surface area contributed by atoms with Gasteiger partial charge in [-0.3, -0.25) is 24.1 Å². The molecule has 6 nitrogen and oxygen atoms in total. The smallest absolute Gasteiger partial charge is 0.237 e. The molecule has 6 heteroatoms. The van der Waals surface area contributed by atoms with Gasteiger partial charge in [0.05, 0.1) is 17.5 Å². The van der Waals surface area contributed by atoms with Crippen LogP contribution in [-0.2, 0) is 19.2 Å². The van der Waals surface area contributed by atoms with E-state index < -0.39 is 5.92 Å². The van der Waals surface area contributed by atoms with Crippen LogP contribution in [0.5, 0.6) is 0 Å². The number of allylic oxidation sites excluding steroid dienone is 2. The average molecular weight is 469 g/mol. The van der Waals surface area contributed by atoms with Gasteiger partial charge in [0.1, 0.15) is 5.78 Å². The lowest BCUT2D eigenvalue weighted by Crippen LogP contribution is -2.43. The highest BCUT2D eigenvalue weighted by Gasteiger charge is 2.55. The summed E-state index contributed by atoms with van der Waals surface area (Å²) in [5.41, 5.74) is 2.52. The van der Waals surface area contributed by atoms with Crippen LogP contribution in [-0.4, -0.2) is 30.0 Å². The Labute approximate surface area is 204 Å². The second-order valence-corrected chi connectivity index (χ2v) is 10.4. The topological polar surface area (TPSA) is 74.8 Å². The number of amides is 3. The molecule has 0 N–H and O–H groups in total. The molecule has 6 rings (SSSR count). The number of hydrogen-bond acceptors (Lipinski definition) is 4. The minimum Gasteiger partial charge on any atom is -0.312 e. The summed E-state index contributed by atoms with van der Waals surface area (Å²) >= 11 is 0. The van der Waals surface area contributed by atoms with Gasteiger partial charge in [0.2, 0.25) is 17.7 Å². The molecule has 2 aromatic carbocycles. The Morgan fingerprint density at radius 2 is 1.43 bits per heavy atom. The highest BCUT2D eigenvalue weighted by atomic mass is 16.2. The number of fused-ring (bicyclic) bond motifs is 3. The standard InChI is InChI=1S/C29H28N2O4/c1-17-12-19-13-18(22-15-25(33)31(28(22)34)21-10-6-3-7-11-21)14-24(32)27(19)23-16-30(29(35)26(17)23)20-8-4-2-5-9-20/h2-12,17-18,22-23,26-27H,13-16H2,1H3. The molecule has 2 saturated heterocycles. The van der Waals surface area contributed by atoms with Gasteiger partial charge in [-0.05, 0) is 42.5 Å². The minimum atomic E-state index is -0.479. The van der Waals surface area contributed by atoms with Crippen molar-refractivity contribution in [2.75, 3.05) is 16.3 Å². The maximum absolute atomic E-state index is 13.6. The molecule has 6 atom stereocenters. The zero-order valence-electron chi connectivity index (χ0n) is 19.7. The molecule has 178 valence electrons. The zero-order chi connectivity index (χ0) is 24.3. The molecule has 2 aliphatic heterocycles. The molecule has 2 aliphatic carbocycles. The number of carbonyl (C=O) groups is 4. The summed E-state index contributed by atoms with van der Waals surface area (Å²) in [5, 5.41) is 0. The van der Waals surface area contributed by atoms with E-state index in [9.17, 15) is 19.2 Å². The number of nitrogens with zero attached hydrogens (tertiary/aromatic N) is 2. The molecule has 0 spiro atoms. The first kappa shape index (κ1) is 22.0. The lowest BCUT2D eigenvalue weighted by atomic mass is 9.61. The maximum Gasteiger partial charge on any atom is 0.237 e. The molecule has 3 fully saturated rings. The first-order chi connectivity index (χ1) is 16.9. The predicted molar refractivity (Wildman–Crippen MR) is 131 cm³/mol. The third-order valence-corrected chi connectivity index (χ3v) is 8.42. The van der Waals surface area contributed by atoms with Gasteiger partial charge in [-0.2, -0.15) is 0 Å². The van der Waals surface area contributed by atoms with Crippen molar-refractivity contribution in [2.24, 2.45) is 35.5 Å². The van der Waals surface area contributed by atoms with Crippen LogP contribution in [0.4, 0.5) is 11.4 Å². The van der Waals surface area contributed by atoms with Crippen molar-refractivity contribution in [3.8, 4) is 0 Å².